The highest BCUT2D eigenvalue weighted by molar-refractivity contribution is 5.84. The second-order valence-electron chi connectivity index (χ2n) is 7.47. The Morgan fingerprint density at radius 2 is 1.38 bits per heavy atom. The van der Waals surface area contributed by atoms with Gasteiger partial charge in [0.2, 0.25) is 0 Å². The Bertz CT molecular complexity index is 1390. The van der Waals surface area contributed by atoms with Gasteiger partial charge in [-0.3, -0.25) is 0 Å². The minimum Gasteiger partial charge on any atom is -0.429 e. The molecule has 0 aliphatic rings. The van der Waals surface area contributed by atoms with Gasteiger partial charge in [-0.15, -0.1) is 0 Å². The molecule has 0 aliphatic heterocycles. The van der Waals surface area contributed by atoms with Crippen molar-refractivity contribution in [3.05, 3.63) is 101 Å². The molecule has 0 fully saturated rings. The predicted octanol–water partition coefficient (Wildman–Crippen LogP) is 8.03. The molecule has 0 heterocycles. The summed E-state index contributed by atoms with van der Waals surface area (Å²) in [6.45, 7) is 1.78. The van der Waals surface area contributed by atoms with Crippen LogP contribution >= 0.6 is 0 Å². The van der Waals surface area contributed by atoms with Gasteiger partial charge in [0.05, 0.1) is 0 Å². The maximum Gasteiger partial charge on any atom is 0.432 e. The van der Waals surface area contributed by atoms with E-state index in [9.17, 15) is 35.1 Å². The SMILES string of the molecule is CCc1ccc(-c2cc(F)c(C(F)(F)Oc3ccc4c(F)c(F)c(F)cc4c3)c(F)c2)c(F)c1. The molecule has 0 spiro atoms. The molecule has 1 nitrogen and oxygen atoms in total. The van der Waals surface area contributed by atoms with Crippen LogP contribution in [0.15, 0.2) is 54.6 Å². The van der Waals surface area contributed by atoms with Crippen LogP contribution in [0.3, 0.4) is 0 Å². The molecule has 34 heavy (non-hydrogen) atoms. The summed E-state index contributed by atoms with van der Waals surface area (Å²) < 4.78 is 118. The summed E-state index contributed by atoms with van der Waals surface area (Å²) in [5.74, 6) is -9.68. The van der Waals surface area contributed by atoms with E-state index in [-0.39, 0.29) is 16.5 Å². The Labute approximate surface area is 188 Å². The Kier molecular flexibility index (Phi) is 5.97. The Morgan fingerprint density at radius 3 is 2.00 bits per heavy atom. The molecule has 0 aliphatic carbocycles. The highest BCUT2D eigenvalue weighted by atomic mass is 19.3. The van der Waals surface area contributed by atoms with Gasteiger partial charge >= 0.3 is 6.11 Å². The average Bonchev–Trinajstić information content (AvgIpc) is 2.76. The van der Waals surface area contributed by atoms with Crippen molar-refractivity contribution in [2.45, 2.75) is 19.5 Å². The van der Waals surface area contributed by atoms with Gasteiger partial charge in [0.1, 0.15) is 28.8 Å². The van der Waals surface area contributed by atoms with E-state index in [1.54, 1.807) is 6.92 Å². The largest absolute Gasteiger partial charge is 0.432 e. The third-order valence-corrected chi connectivity index (χ3v) is 5.28. The summed E-state index contributed by atoms with van der Waals surface area (Å²) in [5.41, 5.74) is -1.58. The van der Waals surface area contributed by atoms with Crippen LogP contribution in [-0.4, -0.2) is 0 Å². The van der Waals surface area contributed by atoms with Crippen molar-refractivity contribution in [2.75, 3.05) is 0 Å². The van der Waals surface area contributed by atoms with Crippen molar-refractivity contribution in [3.63, 3.8) is 0 Å². The normalized spacial score (nSPS) is 11.8. The maximum absolute atomic E-state index is 14.7. The molecule has 0 N–H and O–H groups in total. The molecule has 0 unspecified atom stereocenters. The molecular weight excluding hydrogens is 468 g/mol. The minimum atomic E-state index is -4.55. The maximum atomic E-state index is 14.7. The van der Waals surface area contributed by atoms with Crippen LogP contribution in [0.2, 0.25) is 0 Å². The van der Waals surface area contributed by atoms with Crippen molar-refractivity contribution in [2.24, 2.45) is 0 Å². The monoisotopic (exact) mass is 482 g/mol. The summed E-state index contributed by atoms with van der Waals surface area (Å²) in [6.07, 6.45) is -4.03. The number of fused-ring (bicyclic) bond motifs is 1. The molecule has 0 bridgehead atoms. The van der Waals surface area contributed by atoms with Crippen molar-refractivity contribution in [1.29, 1.82) is 0 Å². The second kappa shape index (κ2) is 8.62. The van der Waals surface area contributed by atoms with Crippen LogP contribution in [0.4, 0.5) is 35.1 Å². The van der Waals surface area contributed by atoms with Crippen molar-refractivity contribution in [1.82, 2.24) is 0 Å². The molecular formula is C25H14F8O. The van der Waals surface area contributed by atoms with Crippen LogP contribution in [0.25, 0.3) is 21.9 Å². The topological polar surface area (TPSA) is 9.23 Å². The van der Waals surface area contributed by atoms with Crippen molar-refractivity contribution < 1.29 is 39.9 Å². The first-order valence-electron chi connectivity index (χ1n) is 9.94. The molecule has 0 radical (unpaired) electrons. The Hall–Kier alpha value is -3.62. The Morgan fingerprint density at radius 1 is 0.706 bits per heavy atom. The fourth-order valence-corrected chi connectivity index (χ4v) is 3.56. The molecule has 4 aromatic rings. The molecule has 4 rings (SSSR count). The van der Waals surface area contributed by atoms with Gasteiger partial charge in [0.15, 0.2) is 17.5 Å². The highest BCUT2D eigenvalue weighted by Gasteiger charge is 2.41. The number of ether oxygens (including phenoxy) is 1. The lowest BCUT2D eigenvalue weighted by atomic mass is 10.00. The van der Waals surface area contributed by atoms with E-state index in [0.29, 0.717) is 30.2 Å². The van der Waals surface area contributed by atoms with Crippen molar-refractivity contribution in [3.8, 4) is 16.9 Å². The van der Waals surface area contributed by atoms with E-state index in [1.165, 1.54) is 18.2 Å². The van der Waals surface area contributed by atoms with E-state index in [1.807, 2.05) is 0 Å². The number of hydrogen-bond acceptors (Lipinski definition) is 1. The van der Waals surface area contributed by atoms with E-state index in [0.717, 1.165) is 18.2 Å². The van der Waals surface area contributed by atoms with Crippen LogP contribution in [0, 0.1) is 34.9 Å². The van der Waals surface area contributed by atoms with Gasteiger partial charge in [-0.25, -0.2) is 26.3 Å². The van der Waals surface area contributed by atoms with Gasteiger partial charge in [0, 0.05) is 10.9 Å². The summed E-state index contributed by atoms with van der Waals surface area (Å²) >= 11 is 0. The van der Waals surface area contributed by atoms with E-state index >= 15 is 0 Å². The molecule has 0 atom stereocenters. The number of rotatable bonds is 5. The zero-order valence-electron chi connectivity index (χ0n) is 17.3. The van der Waals surface area contributed by atoms with Gasteiger partial charge in [-0.05, 0) is 65.4 Å². The fourth-order valence-electron chi connectivity index (χ4n) is 3.56. The number of benzene rings is 4. The van der Waals surface area contributed by atoms with Crippen LogP contribution in [-0.2, 0) is 12.5 Å². The molecule has 0 saturated carbocycles. The smallest absolute Gasteiger partial charge is 0.429 e. The lowest BCUT2D eigenvalue weighted by Gasteiger charge is -2.20. The highest BCUT2D eigenvalue weighted by Crippen LogP contribution is 2.38. The molecule has 0 aromatic heterocycles. The number of halogens is 8. The van der Waals surface area contributed by atoms with Crippen LogP contribution < -0.4 is 4.74 Å². The van der Waals surface area contributed by atoms with E-state index < -0.39 is 57.7 Å². The quantitative estimate of drug-likeness (QED) is 0.207. The molecule has 4 aromatic carbocycles. The van der Waals surface area contributed by atoms with Crippen LogP contribution in [0.5, 0.6) is 5.75 Å². The summed E-state index contributed by atoms with van der Waals surface area (Å²) in [6, 6.07) is 8.10. The lowest BCUT2D eigenvalue weighted by Crippen LogP contribution is -2.25. The first-order valence-corrected chi connectivity index (χ1v) is 9.94. The standard InChI is InChI=1S/C25H14F8O/c1-2-12-3-5-16(18(26)7-12)14-9-19(27)22(20(28)10-14)25(32,33)34-15-4-6-17-13(8-15)11-21(29)24(31)23(17)30/h3-11H,2H2,1H3. The summed E-state index contributed by atoms with van der Waals surface area (Å²) in [5, 5.41) is -0.723. The zero-order valence-corrected chi connectivity index (χ0v) is 17.3. The molecule has 0 saturated heterocycles. The number of alkyl halides is 2. The third-order valence-electron chi connectivity index (χ3n) is 5.28. The van der Waals surface area contributed by atoms with Crippen molar-refractivity contribution >= 4 is 10.8 Å². The average molecular weight is 482 g/mol. The third kappa shape index (κ3) is 4.18. The molecule has 176 valence electrons. The summed E-state index contributed by atoms with van der Waals surface area (Å²) in [4.78, 5) is 0. The fraction of sp³-hybridized carbons (Fsp3) is 0.120. The van der Waals surface area contributed by atoms with E-state index in [4.69, 9.17) is 0 Å². The van der Waals surface area contributed by atoms with Crippen LogP contribution in [0.1, 0.15) is 18.1 Å². The van der Waals surface area contributed by atoms with Gasteiger partial charge in [-0.1, -0.05) is 19.1 Å². The molecule has 0 amide bonds. The first kappa shape index (κ1) is 23.5. The predicted molar refractivity (Wildman–Crippen MR) is 109 cm³/mol. The second-order valence-corrected chi connectivity index (χ2v) is 7.47. The van der Waals surface area contributed by atoms with E-state index in [2.05, 4.69) is 4.74 Å². The van der Waals surface area contributed by atoms with Gasteiger partial charge < -0.3 is 4.74 Å². The lowest BCUT2D eigenvalue weighted by molar-refractivity contribution is -0.189. The molecule has 9 heteroatoms. The Balaban J connectivity index is 1.70. The van der Waals surface area contributed by atoms with Gasteiger partial charge in [-0.2, -0.15) is 8.78 Å². The number of aryl methyl sites for hydroxylation is 1. The minimum absolute atomic E-state index is 0.184. The number of hydrogen-bond donors (Lipinski definition) is 0. The first-order chi connectivity index (χ1) is 16.0. The van der Waals surface area contributed by atoms with Gasteiger partial charge in [0.25, 0.3) is 0 Å². The zero-order chi connectivity index (χ0) is 24.8. The summed E-state index contributed by atoms with van der Waals surface area (Å²) in [7, 11) is 0.